The summed E-state index contributed by atoms with van der Waals surface area (Å²) in [6, 6.07) is 49.0. The molecule has 12 N–H and O–H groups in total. The average Bonchev–Trinajstić information content (AvgIpc) is 0.796. The number of benzene rings is 12. The number of amides is 6. The molecule has 644 valence electrons. The van der Waals surface area contributed by atoms with Gasteiger partial charge in [0.2, 0.25) is 0 Å². The highest BCUT2D eigenvalue weighted by molar-refractivity contribution is 6.42. The maximum Gasteiger partial charge on any atom is 0.416 e. The second-order valence-electron chi connectivity index (χ2n) is 24.6. The fourth-order valence-corrected chi connectivity index (χ4v) is 11.7. The molecule has 0 atom stereocenters. The van der Waals surface area contributed by atoms with Crippen LogP contribution in [-0.2, 0) is 18.5 Å². The van der Waals surface area contributed by atoms with E-state index in [-0.39, 0.29) is 99.8 Å². The Bertz CT molecular complexity index is 6010. The summed E-state index contributed by atoms with van der Waals surface area (Å²) in [6.07, 6.45) is -12.9. The van der Waals surface area contributed by atoms with Crippen LogP contribution in [0, 0.1) is 10.1 Å². The van der Waals surface area contributed by atoms with Gasteiger partial charge < -0.3 is 62.5 Å². The largest absolute Gasteiger partial charge is 0.507 e. The number of aromatic hydroxyl groups is 6. The minimum Gasteiger partial charge on any atom is -0.507 e. The lowest BCUT2D eigenvalue weighted by molar-refractivity contribution is -0.384. The first-order valence-corrected chi connectivity index (χ1v) is 38.1. The Morgan fingerprint density at radius 3 is 0.911 bits per heavy atom. The van der Waals surface area contributed by atoms with Gasteiger partial charge in [-0.2, -0.15) is 39.5 Å². The van der Waals surface area contributed by atoms with Crippen molar-refractivity contribution in [3.63, 3.8) is 0 Å². The van der Waals surface area contributed by atoms with Gasteiger partial charge >= 0.3 is 18.5 Å². The van der Waals surface area contributed by atoms with Gasteiger partial charge in [0, 0.05) is 70.0 Å². The van der Waals surface area contributed by atoms with E-state index in [1.165, 1.54) is 133 Å². The van der Waals surface area contributed by atoms with Crippen molar-refractivity contribution in [2.45, 2.75) is 18.5 Å². The number of nitrogens with zero attached hydrogens (tertiary/aromatic N) is 1. The Labute approximate surface area is 750 Å². The van der Waals surface area contributed by atoms with Crippen molar-refractivity contribution in [1.82, 2.24) is 0 Å². The molecule has 0 aliphatic carbocycles. The number of hydrogen-bond donors (Lipinski definition) is 12. The highest BCUT2D eigenvalue weighted by Crippen LogP contribution is 2.40. The lowest BCUT2D eigenvalue weighted by Crippen LogP contribution is -2.16. The molecule has 0 radical (unpaired) electrons. The molecule has 0 fully saturated rings. The maximum atomic E-state index is 12.8. The monoisotopic (exact) mass is 1930 g/mol. The van der Waals surface area contributed by atoms with Crippen LogP contribution in [0.2, 0.25) is 55.2 Å². The first kappa shape index (κ1) is 99.1. The Hall–Kier alpha value is -12.0. The Kier molecular flexibility index (Phi) is 35.4. The summed E-state index contributed by atoms with van der Waals surface area (Å²) in [7, 11) is 0. The van der Waals surface area contributed by atoms with E-state index in [1.807, 2.05) is 17.4 Å². The zero-order chi connectivity index (χ0) is 92.0. The van der Waals surface area contributed by atoms with Gasteiger partial charge in [-0.25, -0.2) is 0 Å². The number of carbonyl (C=O) groups excluding carboxylic acids is 6. The second-order valence-corrected chi connectivity index (χ2v) is 29.3. The van der Waals surface area contributed by atoms with E-state index in [1.54, 1.807) is 42.5 Å². The summed E-state index contributed by atoms with van der Waals surface area (Å²) in [5, 5.41) is 85.9. The van der Waals surface area contributed by atoms with Crippen molar-refractivity contribution in [2.24, 2.45) is 0 Å². The van der Waals surface area contributed by atoms with Crippen molar-refractivity contribution >= 4 is 209 Å². The fourth-order valence-electron chi connectivity index (χ4n) is 9.74. The molecule has 12 rings (SSSR count). The third-order valence-corrected chi connectivity index (χ3v) is 18.7. The normalized spacial score (nSPS) is 10.7. The molecule has 0 saturated carbocycles. The highest BCUT2D eigenvalue weighted by Gasteiger charge is 2.38. The molecule has 124 heavy (non-hydrogen) atoms. The number of nitro groups is 1. The molecule has 6 amide bonds. The molecule has 0 saturated heterocycles. The number of hydrogen-bond acceptors (Lipinski definition) is 14. The lowest BCUT2D eigenvalue weighted by atomic mass is 10.1. The van der Waals surface area contributed by atoms with E-state index >= 15 is 0 Å². The predicted molar refractivity (Wildman–Crippen MR) is 462 cm³/mol. The summed E-state index contributed by atoms with van der Waals surface area (Å²) in [6.45, 7) is 3.66. The van der Waals surface area contributed by atoms with Crippen molar-refractivity contribution in [2.75, 3.05) is 31.9 Å². The average molecular weight is 1930 g/mol. The topological polar surface area (TPSA) is 339 Å². The van der Waals surface area contributed by atoms with Gasteiger partial charge in [0.05, 0.1) is 86.5 Å². The number of alkyl halides is 9. The Balaban J connectivity index is 0.000000205. The molecule has 0 aliphatic heterocycles. The van der Waals surface area contributed by atoms with Gasteiger partial charge in [-0.15, -0.1) is 0 Å². The van der Waals surface area contributed by atoms with E-state index in [0.29, 0.717) is 64.4 Å². The van der Waals surface area contributed by atoms with Crippen LogP contribution in [-0.4, -0.2) is 71.0 Å². The molecule has 0 spiro atoms. The number of carbonyl (C=O) groups is 6. The van der Waals surface area contributed by atoms with Crippen LogP contribution in [0.5, 0.6) is 34.5 Å². The van der Waals surface area contributed by atoms with Gasteiger partial charge in [-0.1, -0.05) is 158 Å². The van der Waals surface area contributed by atoms with E-state index < -0.39 is 92.6 Å². The Morgan fingerprint density at radius 2 is 0.589 bits per heavy atom. The SMILES string of the molecule is C=Cc1cccc(NC(=O)c2cc(Cl)ccc2O)c1.O=C(Nc1cc(C(F)(F)F)cc(C(F)(F)F)c1)c1cc(Cl)ccc1O.O=C(Nc1ccc(Cl)c(Cl)c1)c1cc(Cl)ccc1O.O=C(Nc1ccc(Cl)cc1Cl)c1cc(Cl)ccc1O.O=C(Nc1ccc([N+](=O)[O-])cc1Cl)c1cc(Cl)ccc1O.O=C(Nc1cccc(C(F)(F)F)c1)c1cc(Cl)ccc1O. The predicted octanol–water partition coefficient (Wildman–Crippen LogP) is 26.7. The van der Waals surface area contributed by atoms with Gasteiger partial charge in [-0.3, -0.25) is 38.9 Å². The van der Waals surface area contributed by atoms with E-state index in [9.17, 15) is 109 Å². The molecule has 12 aromatic rings. The lowest BCUT2D eigenvalue weighted by Gasteiger charge is -2.15. The number of phenols is 6. The summed E-state index contributed by atoms with van der Waals surface area (Å²) < 4.78 is 114. The van der Waals surface area contributed by atoms with Crippen LogP contribution in [0.25, 0.3) is 6.08 Å². The molecule has 41 heteroatoms. The number of non-ortho nitro benzene ring substituents is 1. The summed E-state index contributed by atoms with van der Waals surface area (Å²) in [5.74, 6) is -5.43. The van der Waals surface area contributed by atoms with Gasteiger partial charge in [0.25, 0.3) is 41.1 Å². The maximum absolute atomic E-state index is 12.8. The molecular formula is C83H53Cl11F9N7O14. The molecule has 0 unspecified atom stereocenters. The van der Waals surface area contributed by atoms with Crippen LogP contribution >= 0.6 is 128 Å². The summed E-state index contributed by atoms with van der Waals surface area (Å²) >= 11 is 63.7. The second kappa shape index (κ2) is 44.3. The van der Waals surface area contributed by atoms with Crippen molar-refractivity contribution in [3.05, 3.63) is 358 Å². The molecule has 0 aromatic heterocycles. The highest BCUT2D eigenvalue weighted by atomic mass is 35.5. The third kappa shape index (κ3) is 29.9. The van der Waals surface area contributed by atoms with Gasteiger partial charge in [0.15, 0.2) is 0 Å². The zero-order valence-electron chi connectivity index (χ0n) is 61.7. The minimum atomic E-state index is -5.04. The van der Waals surface area contributed by atoms with Crippen LogP contribution < -0.4 is 31.9 Å². The first-order chi connectivity index (χ1) is 58.1. The number of nitrogens with one attached hydrogen (secondary N) is 6. The summed E-state index contributed by atoms with van der Waals surface area (Å²) in [5.41, 5.74) is -2.68. The van der Waals surface area contributed by atoms with Crippen molar-refractivity contribution in [3.8, 4) is 34.5 Å². The number of halogens is 20. The standard InChI is InChI=1S/C15H8ClF6NO2.C15H12ClNO2.C14H9ClF3NO2.2C13H8Cl3NO2.C13H8Cl2N2O4/c16-9-1-2-12(24)11(6-9)13(25)23-10-4-7(14(17,18)19)3-8(5-10)15(20,21)22;1-2-10-4-3-5-12(8-10)17-15(19)13-9-11(16)6-7-14(13)18;15-9-4-5-12(20)11(7-9)13(21)19-10-3-1-2-8(6-10)14(16,17)18;14-7-1-4-12(18)9(5-7)13(19)17-8-2-3-10(15)11(16)6-8;14-7-2-4-12(18)9(5-7)13(19)17-11-3-1-8(15)6-10(11)16;14-7-1-4-12(18)9(5-7)13(19)16-11-3-2-8(17(20)21)6-10(11)15/h1-6,24H,(H,23,25);2-9,18H,1H2,(H,17,19);1-7,20H,(H,19,21);2*1-6,18H,(H,17,19);1-6,18H,(H,16,19). The van der Waals surface area contributed by atoms with Crippen LogP contribution in [0.15, 0.2) is 237 Å². The van der Waals surface area contributed by atoms with Gasteiger partial charge in [0.1, 0.15) is 34.5 Å². The third-order valence-electron chi connectivity index (χ3n) is 15.7. The number of rotatable bonds is 14. The van der Waals surface area contributed by atoms with Gasteiger partial charge in [-0.05, 0) is 206 Å². The van der Waals surface area contributed by atoms with Crippen LogP contribution in [0.4, 0.5) is 79.3 Å². The quantitative estimate of drug-likeness (QED) is 0.0274. The zero-order valence-corrected chi connectivity index (χ0v) is 70.0. The molecular weight excluding hydrogens is 1880 g/mol. The summed E-state index contributed by atoms with van der Waals surface area (Å²) in [4.78, 5) is 82.0. The molecule has 12 aromatic carbocycles. The smallest absolute Gasteiger partial charge is 0.416 e. The van der Waals surface area contributed by atoms with Crippen molar-refractivity contribution < 1.29 is 104 Å². The molecule has 0 bridgehead atoms. The van der Waals surface area contributed by atoms with E-state index in [4.69, 9.17) is 128 Å². The van der Waals surface area contributed by atoms with E-state index in [0.717, 1.165) is 35.9 Å². The minimum absolute atomic E-state index is 0.0130. The molecule has 0 aliphatic rings. The number of anilines is 6. The van der Waals surface area contributed by atoms with E-state index in [2.05, 4.69) is 33.2 Å². The van der Waals surface area contributed by atoms with Crippen LogP contribution in [0.1, 0.15) is 84.4 Å². The molecule has 21 nitrogen and oxygen atoms in total. The molecule has 0 heterocycles. The number of nitro benzene ring substituents is 1. The fraction of sp³-hybridized carbons (Fsp3) is 0.0361. The van der Waals surface area contributed by atoms with Crippen molar-refractivity contribution in [1.29, 1.82) is 0 Å². The first-order valence-electron chi connectivity index (χ1n) is 33.9. The Morgan fingerprint density at radius 1 is 0.298 bits per heavy atom. The van der Waals surface area contributed by atoms with Crippen LogP contribution in [0.3, 0.4) is 0 Å². The number of phenolic OH excluding ortho intramolecular Hbond substituents is 6.